The van der Waals surface area contributed by atoms with E-state index in [2.05, 4.69) is 5.32 Å². The molecular weight excluding hydrogens is 354 g/mol. The fraction of sp³-hybridized carbons (Fsp3) is 0.217. The Morgan fingerprint density at radius 1 is 0.929 bits per heavy atom. The maximum Gasteiger partial charge on any atom is 0.329 e. The van der Waals surface area contributed by atoms with Gasteiger partial charge in [0.1, 0.15) is 11.3 Å². The number of fused-ring (bicyclic) bond motifs is 1. The molecule has 3 N–H and O–H groups in total. The lowest BCUT2D eigenvalue weighted by molar-refractivity contribution is -0.147. The average Bonchev–Trinajstić information content (AvgIpc) is 2.68. The first kappa shape index (κ1) is 19.4. The number of carbonyl (C=O) groups excluding carboxylic acids is 1. The van der Waals surface area contributed by atoms with Gasteiger partial charge in [0.05, 0.1) is 6.42 Å². The van der Waals surface area contributed by atoms with Crippen molar-refractivity contribution in [3.8, 4) is 5.75 Å². The molecule has 1 amide bonds. The van der Waals surface area contributed by atoms with Crippen LogP contribution in [-0.2, 0) is 22.4 Å². The molecule has 0 fully saturated rings. The molecule has 3 aromatic carbocycles. The monoisotopic (exact) mass is 377 g/mol. The predicted molar refractivity (Wildman–Crippen MR) is 108 cm³/mol. The fourth-order valence-electron chi connectivity index (χ4n) is 3.35. The van der Waals surface area contributed by atoms with Crippen molar-refractivity contribution in [2.45, 2.75) is 31.7 Å². The summed E-state index contributed by atoms with van der Waals surface area (Å²) in [5.41, 5.74) is 0.162. The molecule has 0 saturated heterocycles. The van der Waals surface area contributed by atoms with Crippen LogP contribution in [0.25, 0.3) is 10.8 Å². The van der Waals surface area contributed by atoms with Crippen molar-refractivity contribution < 1.29 is 19.8 Å². The van der Waals surface area contributed by atoms with Crippen molar-refractivity contribution in [3.63, 3.8) is 0 Å². The Labute approximate surface area is 163 Å². The zero-order chi connectivity index (χ0) is 20.1. The molecule has 3 rings (SSSR count). The fourth-order valence-corrected chi connectivity index (χ4v) is 3.35. The second kappa shape index (κ2) is 8.13. The Balaban J connectivity index is 1.78. The molecular formula is C23H23NO4. The maximum atomic E-state index is 12.7. The Morgan fingerprint density at radius 3 is 2.21 bits per heavy atom. The number of hydrogen-bond acceptors (Lipinski definition) is 3. The average molecular weight is 377 g/mol. The number of carboxylic acids is 1. The van der Waals surface area contributed by atoms with Crippen LogP contribution in [0, 0.1) is 0 Å². The third-order valence-electron chi connectivity index (χ3n) is 5.01. The van der Waals surface area contributed by atoms with E-state index in [1.807, 2.05) is 42.5 Å². The van der Waals surface area contributed by atoms with Gasteiger partial charge < -0.3 is 15.5 Å². The van der Waals surface area contributed by atoms with Gasteiger partial charge in [0, 0.05) is 6.42 Å². The lowest BCUT2D eigenvalue weighted by atomic mass is 9.87. The summed E-state index contributed by atoms with van der Waals surface area (Å²) in [4.78, 5) is 24.7. The van der Waals surface area contributed by atoms with Crippen LogP contribution < -0.4 is 5.32 Å². The van der Waals surface area contributed by atoms with Crippen molar-refractivity contribution in [2.24, 2.45) is 0 Å². The molecule has 5 heteroatoms. The van der Waals surface area contributed by atoms with Crippen LogP contribution in [0.4, 0.5) is 0 Å². The normalized spacial score (nSPS) is 13.0. The third kappa shape index (κ3) is 4.31. The molecule has 0 spiro atoms. The molecule has 0 radical (unpaired) electrons. The number of nitrogens with one attached hydrogen (secondary N) is 1. The van der Waals surface area contributed by atoms with E-state index in [1.165, 1.54) is 12.1 Å². The second-order valence-electron chi connectivity index (χ2n) is 6.99. The highest BCUT2D eigenvalue weighted by molar-refractivity contribution is 5.89. The smallest absolute Gasteiger partial charge is 0.329 e. The lowest BCUT2D eigenvalue weighted by Crippen LogP contribution is -2.56. The van der Waals surface area contributed by atoms with Crippen molar-refractivity contribution >= 4 is 22.6 Å². The molecule has 0 aliphatic rings. The first-order valence-corrected chi connectivity index (χ1v) is 9.22. The van der Waals surface area contributed by atoms with E-state index >= 15 is 0 Å². The molecule has 3 aromatic rings. The van der Waals surface area contributed by atoms with Crippen LogP contribution in [0.1, 0.15) is 24.5 Å². The van der Waals surface area contributed by atoms with E-state index in [9.17, 15) is 19.8 Å². The van der Waals surface area contributed by atoms with Gasteiger partial charge >= 0.3 is 5.97 Å². The molecule has 0 aromatic heterocycles. The number of carboxylic acid groups (broad SMARTS) is 1. The highest BCUT2D eigenvalue weighted by atomic mass is 16.4. The minimum atomic E-state index is -1.40. The van der Waals surface area contributed by atoms with Gasteiger partial charge in [0.2, 0.25) is 5.91 Å². The summed E-state index contributed by atoms with van der Waals surface area (Å²) < 4.78 is 0. The van der Waals surface area contributed by atoms with E-state index in [0.29, 0.717) is 0 Å². The number of aliphatic carboxylic acids is 1. The number of benzene rings is 3. The van der Waals surface area contributed by atoms with Gasteiger partial charge in [-0.2, -0.15) is 0 Å². The van der Waals surface area contributed by atoms with Crippen LogP contribution in [0.3, 0.4) is 0 Å². The molecule has 0 aliphatic heterocycles. The Kier molecular flexibility index (Phi) is 5.64. The quantitative estimate of drug-likeness (QED) is 0.586. The van der Waals surface area contributed by atoms with Crippen molar-refractivity contribution in [1.29, 1.82) is 0 Å². The highest BCUT2D eigenvalue weighted by Gasteiger charge is 2.38. The zero-order valence-corrected chi connectivity index (χ0v) is 15.7. The van der Waals surface area contributed by atoms with Gasteiger partial charge in [-0.3, -0.25) is 4.79 Å². The molecule has 28 heavy (non-hydrogen) atoms. The number of amides is 1. The largest absolute Gasteiger partial charge is 0.508 e. The maximum absolute atomic E-state index is 12.7. The first-order valence-electron chi connectivity index (χ1n) is 9.22. The molecule has 0 aliphatic carbocycles. The Bertz CT molecular complexity index is 997. The third-order valence-corrected chi connectivity index (χ3v) is 5.01. The van der Waals surface area contributed by atoms with E-state index in [0.717, 1.165) is 21.9 Å². The van der Waals surface area contributed by atoms with Gasteiger partial charge in [-0.05, 0) is 40.5 Å². The molecule has 1 atom stereocenters. The summed E-state index contributed by atoms with van der Waals surface area (Å²) in [7, 11) is 0. The first-order chi connectivity index (χ1) is 13.4. The molecule has 1 unspecified atom stereocenters. The van der Waals surface area contributed by atoms with Gasteiger partial charge in [0.15, 0.2) is 0 Å². The van der Waals surface area contributed by atoms with Crippen LogP contribution in [0.2, 0.25) is 0 Å². The second-order valence-corrected chi connectivity index (χ2v) is 6.99. The van der Waals surface area contributed by atoms with Crippen LogP contribution in [0.5, 0.6) is 5.75 Å². The number of hydrogen-bond donors (Lipinski definition) is 3. The number of rotatable bonds is 7. The molecule has 144 valence electrons. The summed E-state index contributed by atoms with van der Waals surface area (Å²) in [5.74, 6) is -1.30. The number of phenols is 1. The van der Waals surface area contributed by atoms with Crippen LogP contribution in [0.15, 0.2) is 66.7 Å². The van der Waals surface area contributed by atoms with E-state index in [1.54, 1.807) is 19.1 Å². The summed E-state index contributed by atoms with van der Waals surface area (Å²) in [6, 6.07) is 20.0. The van der Waals surface area contributed by atoms with E-state index in [-0.39, 0.29) is 30.9 Å². The topological polar surface area (TPSA) is 86.6 Å². The van der Waals surface area contributed by atoms with Crippen molar-refractivity contribution in [1.82, 2.24) is 5.32 Å². The van der Waals surface area contributed by atoms with Gasteiger partial charge in [-0.1, -0.05) is 61.5 Å². The van der Waals surface area contributed by atoms with Crippen molar-refractivity contribution in [2.75, 3.05) is 0 Å². The molecule has 0 heterocycles. The Morgan fingerprint density at radius 2 is 1.57 bits per heavy atom. The lowest BCUT2D eigenvalue weighted by Gasteiger charge is -2.29. The summed E-state index contributed by atoms with van der Waals surface area (Å²) >= 11 is 0. The summed E-state index contributed by atoms with van der Waals surface area (Å²) in [6.45, 7) is 1.74. The van der Waals surface area contributed by atoms with Gasteiger partial charge in [-0.15, -0.1) is 0 Å². The summed E-state index contributed by atoms with van der Waals surface area (Å²) in [6.07, 6.45) is 0.491. The van der Waals surface area contributed by atoms with E-state index < -0.39 is 11.5 Å². The minimum absolute atomic E-state index is 0.107. The van der Waals surface area contributed by atoms with Gasteiger partial charge in [0.25, 0.3) is 0 Å². The molecule has 0 saturated carbocycles. The van der Waals surface area contributed by atoms with E-state index in [4.69, 9.17) is 0 Å². The number of carbonyl (C=O) groups is 2. The SMILES string of the molecule is CCC(Cc1ccc(O)cc1)(NC(=O)Cc1ccc2ccccc2c1)C(=O)O. The number of phenolic OH excluding ortho intramolecular Hbond substituents is 1. The van der Waals surface area contributed by atoms with Gasteiger partial charge in [-0.25, -0.2) is 4.79 Å². The minimum Gasteiger partial charge on any atom is -0.508 e. The summed E-state index contributed by atoms with van der Waals surface area (Å²) in [5, 5.41) is 24.1. The highest BCUT2D eigenvalue weighted by Crippen LogP contribution is 2.21. The van der Waals surface area contributed by atoms with Crippen molar-refractivity contribution in [3.05, 3.63) is 77.9 Å². The van der Waals surface area contributed by atoms with Crippen LogP contribution >= 0.6 is 0 Å². The van der Waals surface area contributed by atoms with Crippen LogP contribution in [-0.4, -0.2) is 27.6 Å². The Hall–Kier alpha value is -3.34. The predicted octanol–water partition coefficient (Wildman–Crippen LogP) is 3.68. The molecule has 5 nitrogen and oxygen atoms in total. The number of aromatic hydroxyl groups is 1. The zero-order valence-electron chi connectivity index (χ0n) is 15.7. The molecule has 0 bridgehead atoms. The standard InChI is InChI=1S/C23H23NO4/c1-2-23(22(27)28,15-16-8-11-20(25)12-9-16)24-21(26)14-17-7-10-18-5-3-4-6-19(18)13-17/h3-13,25H,2,14-15H2,1H3,(H,24,26)(H,27,28).